The largest absolute Gasteiger partial charge is 0.396 e. The number of amides is 1. The molecule has 0 spiro atoms. The van der Waals surface area contributed by atoms with E-state index in [1.54, 1.807) is 4.90 Å². The van der Waals surface area contributed by atoms with Gasteiger partial charge in [0.05, 0.1) is 0 Å². The number of aromatic nitrogens is 2. The van der Waals surface area contributed by atoms with Crippen molar-refractivity contribution in [3.05, 3.63) is 17.5 Å². The zero-order chi connectivity index (χ0) is 13.1. The van der Waals surface area contributed by atoms with Gasteiger partial charge in [-0.05, 0) is 30.7 Å². The maximum atomic E-state index is 12.3. The molecule has 1 saturated heterocycles. The molecule has 5 heteroatoms. The predicted molar refractivity (Wildman–Crippen MR) is 68.4 cm³/mol. The highest BCUT2D eigenvalue weighted by molar-refractivity contribution is 5.92. The fourth-order valence-electron chi connectivity index (χ4n) is 2.30. The van der Waals surface area contributed by atoms with E-state index in [1.807, 2.05) is 6.07 Å². The number of H-pyrrole nitrogens is 1. The lowest BCUT2D eigenvalue weighted by Gasteiger charge is -2.31. The molecular formula is C13H21N3O2. The van der Waals surface area contributed by atoms with Gasteiger partial charge in [0.25, 0.3) is 5.91 Å². The number of hydrogen-bond donors (Lipinski definition) is 2. The number of nitrogens with zero attached hydrogens (tertiary/aromatic N) is 2. The maximum absolute atomic E-state index is 12.3. The summed E-state index contributed by atoms with van der Waals surface area (Å²) in [7, 11) is 0. The van der Waals surface area contributed by atoms with Crippen molar-refractivity contribution in [2.45, 2.75) is 32.6 Å². The van der Waals surface area contributed by atoms with Crippen LogP contribution in [0.5, 0.6) is 0 Å². The van der Waals surface area contributed by atoms with Gasteiger partial charge in [-0.3, -0.25) is 9.89 Å². The lowest BCUT2D eigenvalue weighted by atomic mass is 9.99. The van der Waals surface area contributed by atoms with E-state index in [0.29, 0.717) is 18.2 Å². The van der Waals surface area contributed by atoms with Crippen LogP contribution < -0.4 is 0 Å². The van der Waals surface area contributed by atoms with Crippen LogP contribution in [0.2, 0.25) is 0 Å². The number of hydrogen-bond acceptors (Lipinski definition) is 3. The number of aliphatic hydroxyl groups excluding tert-OH is 1. The van der Waals surface area contributed by atoms with E-state index >= 15 is 0 Å². The van der Waals surface area contributed by atoms with Gasteiger partial charge in [-0.15, -0.1) is 0 Å². The molecular weight excluding hydrogens is 230 g/mol. The summed E-state index contributed by atoms with van der Waals surface area (Å²) >= 11 is 0. The van der Waals surface area contributed by atoms with Crippen molar-refractivity contribution >= 4 is 5.91 Å². The Hall–Kier alpha value is -1.36. The normalized spacial score (nSPS) is 20.4. The van der Waals surface area contributed by atoms with Crippen LogP contribution in [0, 0.1) is 5.92 Å². The van der Waals surface area contributed by atoms with E-state index in [0.717, 1.165) is 25.1 Å². The third-order valence-electron chi connectivity index (χ3n) is 3.50. The molecule has 0 aliphatic carbocycles. The Morgan fingerprint density at radius 2 is 2.44 bits per heavy atom. The fourth-order valence-corrected chi connectivity index (χ4v) is 2.30. The first-order valence-electron chi connectivity index (χ1n) is 6.57. The molecule has 0 bridgehead atoms. The minimum absolute atomic E-state index is 0.0312. The average molecular weight is 251 g/mol. The third-order valence-corrected chi connectivity index (χ3v) is 3.50. The van der Waals surface area contributed by atoms with Gasteiger partial charge in [0, 0.05) is 25.4 Å². The van der Waals surface area contributed by atoms with Gasteiger partial charge in [0.2, 0.25) is 0 Å². The summed E-state index contributed by atoms with van der Waals surface area (Å²) in [5.74, 6) is 0.521. The second-order valence-electron chi connectivity index (χ2n) is 5.31. The first-order valence-corrected chi connectivity index (χ1v) is 6.57. The van der Waals surface area contributed by atoms with Crippen LogP contribution in [0.4, 0.5) is 0 Å². The molecule has 1 aromatic rings. The van der Waals surface area contributed by atoms with Gasteiger partial charge in [-0.2, -0.15) is 5.10 Å². The monoisotopic (exact) mass is 251 g/mol. The molecule has 1 aliphatic heterocycles. The first kappa shape index (κ1) is 13.1. The van der Waals surface area contributed by atoms with Gasteiger partial charge in [-0.25, -0.2) is 0 Å². The standard InChI is InChI=1S/C13H21N3O2/c1-9(2)11-6-12(15-14-11)13(18)16-5-3-4-10(7-16)8-17/h6,9-10,17H,3-5,7-8H2,1-2H3,(H,14,15). The van der Waals surface area contributed by atoms with Gasteiger partial charge < -0.3 is 10.0 Å². The second kappa shape index (κ2) is 5.52. The molecule has 0 aromatic carbocycles. The molecule has 1 unspecified atom stereocenters. The molecule has 1 atom stereocenters. The highest BCUT2D eigenvalue weighted by atomic mass is 16.3. The summed E-state index contributed by atoms with van der Waals surface area (Å²) < 4.78 is 0. The number of aromatic amines is 1. The minimum Gasteiger partial charge on any atom is -0.396 e. The number of carbonyl (C=O) groups excluding carboxylic acids is 1. The summed E-state index contributed by atoms with van der Waals surface area (Å²) in [6, 6.07) is 1.83. The van der Waals surface area contributed by atoms with E-state index in [2.05, 4.69) is 24.0 Å². The molecule has 2 heterocycles. The Morgan fingerprint density at radius 3 is 3.06 bits per heavy atom. The third kappa shape index (κ3) is 2.72. The maximum Gasteiger partial charge on any atom is 0.274 e. The van der Waals surface area contributed by atoms with Crippen LogP contribution in [0.1, 0.15) is 48.8 Å². The number of piperidine rings is 1. The second-order valence-corrected chi connectivity index (χ2v) is 5.31. The summed E-state index contributed by atoms with van der Waals surface area (Å²) in [5, 5.41) is 16.2. The Labute approximate surface area is 107 Å². The molecule has 5 nitrogen and oxygen atoms in total. The van der Waals surface area contributed by atoms with Crippen molar-refractivity contribution < 1.29 is 9.90 Å². The molecule has 2 N–H and O–H groups in total. The molecule has 1 aliphatic rings. The highest BCUT2D eigenvalue weighted by Crippen LogP contribution is 2.19. The molecule has 2 rings (SSSR count). The summed E-state index contributed by atoms with van der Waals surface area (Å²) in [6.07, 6.45) is 1.95. The smallest absolute Gasteiger partial charge is 0.274 e. The number of nitrogens with one attached hydrogen (secondary N) is 1. The molecule has 1 amide bonds. The van der Waals surface area contributed by atoms with Gasteiger partial charge >= 0.3 is 0 Å². The Morgan fingerprint density at radius 1 is 1.67 bits per heavy atom. The van der Waals surface area contributed by atoms with E-state index in [4.69, 9.17) is 0 Å². The van der Waals surface area contributed by atoms with Crippen LogP contribution in [0.25, 0.3) is 0 Å². The van der Waals surface area contributed by atoms with Crippen LogP contribution in [0.15, 0.2) is 6.07 Å². The molecule has 1 aromatic heterocycles. The van der Waals surface area contributed by atoms with Gasteiger partial charge in [0.1, 0.15) is 5.69 Å². The lowest BCUT2D eigenvalue weighted by Crippen LogP contribution is -2.41. The van der Waals surface area contributed by atoms with Crippen molar-refractivity contribution in [2.75, 3.05) is 19.7 Å². The predicted octanol–water partition coefficient (Wildman–Crippen LogP) is 1.38. The highest BCUT2D eigenvalue weighted by Gasteiger charge is 2.25. The first-order chi connectivity index (χ1) is 8.61. The van der Waals surface area contributed by atoms with E-state index in [-0.39, 0.29) is 18.4 Å². The Bertz CT molecular complexity index is 414. The number of aliphatic hydroxyl groups is 1. The van der Waals surface area contributed by atoms with Gasteiger partial charge in [0.15, 0.2) is 0 Å². The van der Waals surface area contributed by atoms with E-state index in [9.17, 15) is 9.90 Å². The summed E-state index contributed by atoms with van der Waals surface area (Å²) in [6.45, 7) is 5.68. The average Bonchev–Trinajstić information content (AvgIpc) is 2.87. The number of carbonyl (C=O) groups is 1. The minimum atomic E-state index is -0.0312. The topological polar surface area (TPSA) is 69.2 Å². The lowest BCUT2D eigenvalue weighted by molar-refractivity contribution is 0.0615. The molecule has 1 fully saturated rings. The summed E-state index contributed by atoms with van der Waals surface area (Å²) in [5.41, 5.74) is 1.46. The molecule has 100 valence electrons. The van der Waals surface area contributed by atoms with E-state index < -0.39 is 0 Å². The van der Waals surface area contributed by atoms with Crippen molar-refractivity contribution in [1.82, 2.24) is 15.1 Å². The number of rotatable bonds is 3. The van der Waals surface area contributed by atoms with Crippen molar-refractivity contribution in [3.8, 4) is 0 Å². The van der Waals surface area contributed by atoms with Crippen molar-refractivity contribution in [3.63, 3.8) is 0 Å². The van der Waals surface area contributed by atoms with Crippen molar-refractivity contribution in [2.24, 2.45) is 5.92 Å². The molecule has 0 radical (unpaired) electrons. The van der Waals surface area contributed by atoms with Gasteiger partial charge in [-0.1, -0.05) is 13.8 Å². The quantitative estimate of drug-likeness (QED) is 0.852. The zero-order valence-electron chi connectivity index (χ0n) is 11.0. The van der Waals surface area contributed by atoms with Crippen LogP contribution in [0.3, 0.4) is 0 Å². The molecule has 18 heavy (non-hydrogen) atoms. The van der Waals surface area contributed by atoms with Crippen LogP contribution >= 0.6 is 0 Å². The SMILES string of the molecule is CC(C)c1cc(C(=O)N2CCCC(CO)C2)n[nH]1. The van der Waals surface area contributed by atoms with Crippen LogP contribution in [-0.2, 0) is 0 Å². The summed E-state index contributed by atoms with van der Waals surface area (Å²) in [4.78, 5) is 14.1. The Kier molecular flexibility index (Phi) is 4.01. The van der Waals surface area contributed by atoms with Crippen molar-refractivity contribution in [1.29, 1.82) is 0 Å². The fraction of sp³-hybridized carbons (Fsp3) is 0.692. The number of likely N-dealkylation sites (tertiary alicyclic amines) is 1. The van der Waals surface area contributed by atoms with Crippen LogP contribution in [-0.4, -0.2) is 45.8 Å². The Balaban J connectivity index is 2.05. The molecule has 0 saturated carbocycles. The van der Waals surface area contributed by atoms with E-state index in [1.165, 1.54) is 0 Å². The zero-order valence-corrected chi connectivity index (χ0v) is 11.0.